The molecule has 0 aliphatic carbocycles. The van der Waals surface area contributed by atoms with Crippen LogP contribution in [0.1, 0.15) is 31.0 Å². The highest BCUT2D eigenvalue weighted by Crippen LogP contribution is 2.29. The summed E-state index contributed by atoms with van der Waals surface area (Å²) in [5, 5.41) is 3.53. The van der Waals surface area contributed by atoms with Crippen molar-refractivity contribution in [3.63, 3.8) is 0 Å². The molecule has 1 aromatic rings. The van der Waals surface area contributed by atoms with Crippen LogP contribution in [0.5, 0.6) is 0 Å². The minimum absolute atomic E-state index is 0.167. The van der Waals surface area contributed by atoms with Crippen molar-refractivity contribution in [2.45, 2.75) is 32.2 Å². The zero-order chi connectivity index (χ0) is 9.31. The van der Waals surface area contributed by atoms with Gasteiger partial charge in [0.05, 0.1) is 0 Å². The molecule has 0 saturated carbocycles. The summed E-state index contributed by atoms with van der Waals surface area (Å²) in [5.41, 5.74) is 2.57. The number of pyridine rings is 1. The zero-order valence-electron chi connectivity index (χ0n) is 8.30. The van der Waals surface area contributed by atoms with Crippen molar-refractivity contribution in [2.75, 3.05) is 6.54 Å². The van der Waals surface area contributed by atoms with Gasteiger partial charge < -0.3 is 5.32 Å². The van der Waals surface area contributed by atoms with E-state index >= 15 is 0 Å². The van der Waals surface area contributed by atoms with Gasteiger partial charge in [-0.05, 0) is 44.9 Å². The van der Waals surface area contributed by atoms with Crippen LogP contribution in [-0.4, -0.2) is 11.5 Å². The van der Waals surface area contributed by atoms with Gasteiger partial charge in [0.1, 0.15) is 0 Å². The molecule has 1 N–H and O–H groups in total. The van der Waals surface area contributed by atoms with Gasteiger partial charge in [0.25, 0.3) is 0 Å². The Balaban J connectivity index is 2.29. The average molecular weight is 176 g/mol. The number of hydrogen-bond acceptors (Lipinski definition) is 2. The maximum Gasteiger partial charge on any atom is 0.0421 e. The Labute approximate surface area is 79.4 Å². The number of nitrogens with one attached hydrogen (secondary N) is 1. The van der Waals surface area contributed by atoms with Crippen LogP contribution in [0.25, 0.3) is 0 Å². The fraction of sp³-hybridized carbons (Fsp3) is 0.545. The summed E-state index contributed by atoms with van der Waals surface area (Å²) in [5.74, 6) is 0. The first-order valence-electron chi connectivity index (χ1n) is 4.89. The maximum atomic E-state index is 4.33. The zero-order valence-corrected chi connectivity index (χ0v) is 8.30. The Hall–Kier alpha value is -0.890. The molecule has 2 heterocycles. The minimum atomic E-state index is 0.167. The molecule has 1 saturated heterocycles. The van der Waals surface area contributed by atoms with E-state index in [-0.39, 0.29) is 5.54 Å². The van der Waals surface area contributed by atoms with Crippen LogP contribution in [0.15, 0.2) is 18.3 Å². The molecule has 0 aromatic carbocycles. The van der Waals surface area contributed by atoms with E-state index < -0.39 is 0 Å². The summed E-state index contributed by atoms with van der Waals surface area (Å²) < 4.78 is 0. The highest BCUT2D eigenvalue weighted by Gasteiger charge is 2.29. The third kappa shape index (κ3) is 1.59. The van der Waals surface area contributed by atoms with E-state index in [1.165, 1.54) is 18.4 Å². The molecule has 0 radical (unpaired) electrons. The molecule has 13 heavy (non-hydrogen) atoms. The van der Waals surface area contributed by atoms with Crippen molar-refractivity contribution in [1.29, 1.82) is 0 Å². The van der Waals surface area contributed by atoms with Gasteiger partial charge in [-0.15, -0.1) is 0 Å². The second kappa shape index (κ2) is 3.11. The molecule has 0 bridgehead atoms. The molecule has 1 atom stereocenters. The third-order valence-electron chi connectivity index (χ3n) is 2.92. The molecular weight excluding hydrogens is 160 g/mol. The number of rotatable bonds is 1. The number of aryl methyl sites for hydroxylation is 1. The molecule has 1 aromatic heterocycles. The smallest absolute Gasteiger partial charge is 0.0421 e. The summed E-state index contributed by atoms with van der Waals surface area (Å²) in [4.78, 5) is 4.33. The Kier molecular flexibility index (Phi) is 2.08. The quantitative estimate of drug-likeness (QED) is 0.707. The SMILES string of the molecule is Cc1ccc(C2(C)CCCN2)cn1. The summed E-state index contributed by atoms with van der Waals surface area (Å²) in [6.07, 6.45) is 4.48. The van der Waals surface area contributed by atoms with Crippen LogP contribution in [0, 0.1) is 6.92 Å². The lowest BCUT2D eigenvalue weighted by Crippen LogP contribution is -2.33. The van der Waals surface area contributed by atoms with Gasteiger partial charge in [0, 0.05) is 17.4 Å². The first-order chi connectivity index (χ1) is 6.21. The number of aromatic nitrogens is 1. The van der Waals surface area contributed by atoms with Crippen molar-refractivity contribution >= 4 is 0 Å². The second-order valence-corrected chi connectivity index (χ2v) is 4.05. The van der Waals surface area contributed by atoms with Gasteiger partial charge in [0.2, 0.25) is 0 Å². The van der Waals surface area contributed by atoms with Crippen molar-refractivity contribution in [2.24, 2.45) is 0 Å². The van der Waals surface area contributed by atoms with Gasteiger partial charge in [-0.3, -0.25) is 4.98 Å². The molecule has 2 nitrogen and oxygen atoms in total. The average Bonchev–Trinajstić information content (AvgIpc) is 2.54. The summed E-state index contributed by atoms with van der Waals surface area (Å²) in [7, 11) is 0. The lowest BCUT2D eigenvalue weighted by Gasteiger charge is -2.24. The summed E-state index contributed by atoms with van der Waals surface area (Å²) in [6, 6.07) is 4.27. The maximum absolute atomic E-state index is 4.33. The second-order valence-electron chi connectivity index (χ2n) is 4.05. The molecule has 1 aliphatic rings. The molecular formula is C11H16N2. The van der Waals surface area contributed by atoms with Crippen molar-refractivity contribution < 1.29 is 0 Å². The molecule has 1 aliphatic heterocycles. The van der Waals surface area contributed by atoms with E-state index in [2.05, 4.69) is 29.4 Å². The highest BCUT2D eigenvalue weighted by atomic mass is 15.0. The van der Waals surface area contributed by atoms with Crippen LogP contribution in [0.2, 0.25) is 0 Å². The normalized spacial score (nSPS) is 27.8. The first-order valence-corrected chi connectivity index (χ1v) is 4.89. The van der Waals surface area contributed by atoms with Crippen LogP contribution in [0.4, 0.5) is 0 Å². The minimum Gasteiger partial charge on any atom is -0.308 e. The lowest BCUT2D eigenvalue weighted by atomic mass is 9.92. The van der Waals surface area contributed by atoms with Crippen LogP contribution in [-0.2, 0) is 5.54 Å². The molecule has 70 valence electrons. The molecule has 2 rings (SSSR count). The summed E-state index contributed by atoms with van der Waals surface area (Å²) in [6.45, 7) is 5.41. The van der Waals surface area contributed by atoms with E-state index in [4.69, 9.17) is 0 Å². The predicted molar refractivity (Wildman–Crippen MR) is 53.6 cm³/mol. The monoisotopic (exact) mass is 176 g/mol. The van der Waals surface area contributed by atoms with Gasteiger partial charge in [-0.25, -0.2) is 0 Å². The van der Waals surface area contributed by atoms with Gasteiger partial charge in [0.15, 0.2) is 0 Å². The molecule has 1 unspecified atom stereocenters. The van der Waals surface area contributed by atoms with E-state index in [9.17, 15) is 0 Å². The van der Waals surface area contributed by atoms with Crippen LogP contribution in [0.3, 0.4) is 0 Å². The molecule has 0 spiro atoms. The molecule has 1 fully saturated rings. The van der Waals surface area contributed by atoms with Crippen molar-refractivity contribution in [3.05, 3.63) is 29.6 Å². The number of hydrogen-bond donors (Lipinski definition) is 1. The van der Waals surface area contributed by atoms with Gasteiger partial charge >= 0.3 is 0 Å². The topological polar surface area (TPSA) is 24.9 Å². The van der Waals surface area contributed by atoms with Crippen molar-refractivity contribution in [1.82, 2.24) is 10.3 Å². The molecule has 2 heteroatoms. The standard InChI is InChI=1S/C11H16N2/c1-9-4-5-10(8-12-9)11(2)6-3-7-13-11/h4-5,8,13H,3,6-7H2,1-2H3. The largest absolute Gasteiger partial charge is 0.308 e. The van der Waals surface area contributed by atoms with Gasteiger partial charge in [-0.1, -0.05) is 6.07 Å². The van der Waals surface area contributed by atoms with E-state index in [0.29, 0.717) is 0 Å². The van der Waals surface area contributed by atoms with E-state index in [1.807, 2.05) is 13.1 Å². The van der Waals surface area contributed by atoms with E-state index in [1.54, 1.807) is 0 Å². The first kappa shape index (κ1) is 8.70. The van der Waals surface area contributed by atoms with Crippen LogP contribution >= 0.6 is 0 Å². The third-order valence-corrected chi connectivity index (χ3v) is 2.92. The summed E-state index contributed by atoms with van der Waals surface area (Å²) >= 11 is 0. The van der Waals surface area contributed by atoms with Crippen molar-refractivity contribution in [3.8, 4) is 0 Å². The Morgan fingerprint density at radius 3 is 2.85 bits per heavy atom. The lowest BCUT2D eigenvalue weighted by molar-refractivity contribution is 0.433. The Morgan fingerprint density at radius 2 is 2.31 bits per heavy atom. The number of nitrogens with zero attached hydrogens (tertiary/aromatic N) is 1. The highest BCUT2D eigenvalue weighted by molar-refractivity contribution is 5.22. The fourth-order valence-corrected chi connectivity index (χ4v) is 1.94. The fourth-order valence-electron chi connectivity index (χ4n) is 1.94. The van der Waals surface area contributed by atoms with Gasteiger partial charge in [-0.2, -0.15) is 0 Å². The molecule has 0 amide bonds. The van der Waals surface area contributed by atoms with Crippen LogP contribution < -0.4 is 5.32 Å². The Morgan fingerprint density at radius 1 is 1.46 bits per heavy atom. The Bertz CT molecular complexity index is 283. The van der Waals surface area contributed by atoms with E-state index in [0.717, 1.165) is 12.2 Å². The predicted octanol–water partition coefficient (Wildman–Crippen LogP) is 1.99.